The van der Waals surface area contributed by atoms with Crippen LogP contribution in [0.4, 0.5) is 11.4 Å². The predicted molar refractivity (Wildman–Crippen MR) is 82.1 cm³/mol. The lowest BCUT2D eigenvalue weighted by atomic mass is 10.2. The van der Waals surface area contributed by atoms with Crippen molar-refractivity contribution in [3.63, 3.8) is 0 Å². The van der Waals surface area contributed by atoms with Gasteiger partial charge in [-0.3, -0.25) is 10.1 Å². The van der Waals surface area contributed by atoms with Crippen LogP contribution in [0.5, 0.6) is 5.75 Å². The number of likely N-dealkylation sites (N-methyl/N-ethyl adjacent to an activating group) is 1. The molecule has 7 nitrogen and oxygen atoms in total. The number of nitro benzene ring substituents is 1. The molecular formula is C14H23N3O4. The van der Waals surface area contributed by atoms with Gasteiger partial charge in [0.15, 0.2) is 5.75 Å². The highest BCUT2D eigenvalue weighted by Crippen LogP contribution is 2.29. The number of hydrogen-bond acceptors (Lipinski definition) is 6. The first-order valence-electron chi connectivity index (χ1n) is 6.92. The number of rotatable bonds is 10. The molecule has 0 radical (unpaired) electrons. The molecule has 0 unspecified atom stereocenters. The summed E-state index contributed by atoms with van der Waals surface area (Å²) in [6, 6.07) is 4.75. The number of ether oxygens (including phenoxy) is 2. The van der Waals surface area contributed by atoms with E-state index in [1.165, 1.54) is 6.07 Å². The van der Waals surface area contributed by atoms with Gasteiger partial charge in [-0.2, -0.15) is 0 Å². The summed E-state index contributed by atoms with van der Waals surface area (Å²) in [5.74, 6) is 0.279. The summed E-state index contributed by atoms with van der Waals surface area (Å²) in [4.78, 5) is 12.5. The van der Waals surface area contributed by atoms with Gasteiger partial charge in [0, 0.05) is 30.9 Å². The van der Waals surface area contributed by atoms with E-state index in [1.54, 1.807) is 19.1 Å². The lowest BCUT2D eigenvalue weighted by molar-refractivity contribution is -0.385. The summed E-state index contributed by atoms with van der Waals surface area (Å²) in [6.45, 7) is 4.96. The van der Waals surface area contributed by atoms with E-state index >= 15 is 0 Å². The highest BCUT2D eigenvalue weighted by molar-refractivity contribution is 5.57. The summed E-state index contributed by atoms with van der Waals surface area (Å²) in [7, 11) is 3.99. The fourth-order valence-corrected chi connectivity index (χ4v) is 1.66. The molecule has 0 heterocycles. The summed E-state index contributed by atoms with van der Waals surface area (Å²) < 4.78 is 10.8. The molecular weight excluding hydrogens is 274 g/mol. The van der Waals surface area contributed by atoms with Crippen LogP contribution in [0.25, 0.3) is 0 Å². The number of benzene rings is 1. The van der Waals surface area contributed by atoms with Crippen LogP contribution < -0.4 is 10.1 Å². The predicted octanol–water partition coefficient (Wildman–Crippen LogP) is 1.98. The lowest BCUT2D eigenvalue weighted by Crippen LogP contribution is -2.20. The minimum atomic E-state index is -0.445. The average Bonchev–Trinajstić information content (AvgIpc) is 2.42. The van der Waals surface area contributed by atoms with Crippen molar-refractivity contribution < 1.29 is 14.4 Å². The third-order valence-corrected chi connectivity index (χ3v) is 2.71. The van der Waals surface area contributed by atoms with Gasteiger partial charge in [-0.1, -0.05) is 0 Å². The standard InChI is InChI=1S/C14H23N3O4/c1-4-21-14-11-12(5-6-13(14)17(18)19)15-7-9-20-10-8-16(2)3/h5-6,11,15H,4,7-10H2,1-3H3. The Labute approximate surface area is 125 Å². The van der Waals surface area contributed by atoms with E-state index in [1.807, 2.05) is 14.1 Å². The third-order valence-electron chi connectivity index (χ3n) is 2.71. The zero-order valence-electron chi connectivity index (χ0n) is 12.8. The van der Waals surface area contributed by atoms with Gasteiger partial charge in [0.05, 0.1) is 24.7 Å². The number of nitro groups is 1. The topological polar surface area (TPSA) is 76.9 Å². The van der Waals surface area contributed by atoms with Crippen molar-refractivity contribution in [2.75, 3.05) is 52.3 Å². The second kappa shape index (κ2) is 9.15. The zero-order chi connectivity index (χ0) is 15.7. The SMILES string of the molecule is CCOc1cc(NCCOCCN(C)C)ccc1[N+](=O)[O-]. The molecule has 0 spiro atoms. The van der Waals surface area contributed by atoms with Gasteiger partial charge < -0.3 is 19.7 Å². The van der Waals surface area contributed by atoms with E-state index in [0.717, 1.165) is 12.2 Å². The maximum atomic E-state index is 10.9. The van der Waals surface area contributed by atoms with Crippen LogP contribution in [0.2, 0.25) is 0 Å². The fourth-order valence-electron chi connectivity index (χ4n) is 1.66. The molecule has 0 aliphatic heterocycles. The largest absolute Gasteiger partial charge is 0.487 e. The smallest absolute Gasteiger partial charge is 0.311 e. The monoisotopic (exact) mass is 297 g/mol. The second-order valence-corrected chi connectivity index (χ2v) is 4.72. The Morgan fingerprint density at radius 3 is 2.71 bits per heavy atom. The van der Waals surface area contributed by atoms with E-state index in [9.17, 15) is 10.1 Å². The van der Waals surface area contributed by atoms with Crippen LogP contribution in [0, 0.1) is 10.1 Å². The van der Waals surface area contributed by atoms with E-state index in [0.29, 0.717) is 26.4 Å². The number of anilines is 1. The first-order valence-corrected chi connectivity index (χ1v) is 6.92. The molecule has 0 fully saturated rings. The lowest BCUT2D eigenvalue weighted by Gasteiger charge is -2.11. The fraction of sp³-hybridized carbons (Fsp3) is 0.571. The molecule has 0 saturated carbocycles. The Kier molecular flexibility index (Phi) is 7.49. The molecule has 0 aromatic heterocycles. The molecule has 7 heteroatoms. The first kappa shape index (κ1) is 17.2. The molecule has 0 amide bonds. The Morgan fingerprint density at radius 2 is 2.10 bits per heavy atom. The molecule has 21 heavy (non-hydrogen) atoms. The summed E-state index contributed by atoms with van der Waals surface area (Å²) >= 11 is 0. The van der Waals surface area contributed by atoms with Crippen molar-refractivity contribution in [1.82, 2.24) is 4.90 Å². The van der Waals surface area contributed by atoms with Crippen LogP contribution in [-0.4, -0.2) is 56.8 Å². The highest BCUT2D eigenvalue weighted by Gasteiger charge is 2.15. The van der Waals surface area contributed by atoms with Crippen molar-refractivity contribution in [3.8, 4) is 5.75 Å². The number of hydrogen-bond donors (Lipinski definition) is 1. The van der Waals surface area contributed by atoms with E-state index in [-0.39, 0.29) is 11.4 Å². The Morgan fingerprint density at radius 1 is 1.33 bits per heavy atom. The van der Waals surface area contributed by atoms with Gasteiger partial charge in [0.2, 0.25) is 0 Å². The highest BCUT2D eigenvalue weighted by atomic mass is 16.6. The molecule has 1 aromatic carbocycles. The minimum absolute atomic E-state index is 0.0235. The van der Waals surface area contributed by atoms with Gasteiger partial charge in [-0.25, -0.2) is 0 Å². The van der Waals surface area contributed by atoms with Crippen LogP contribution in [0.15, 0.2) is 18.2 Å². The second-order valence-electron chi connectivity index (χ2n) is 4.72. The Hall–Kier alpha value is -1.86. The Balaban J connectivity index is 2.45. The molecule has 0 aliphatic carbocycles. The number of nitrogens with one attached hydrogen (secondary N) is 1. The molecule has 0 atom stereocenters. The molecule has 0 bridgehead atoms. The van der Waals surface area contributed by atoms with Crippen molar-refractivity contribution in [3.05, 3.63) is 28.3 Å². The molecule has 118 valence electrons. The summed E-state index contributed by atoms with van der Waals surface area (Å²) in [5, 5.41) is 14.0. The van der Waals surface area contributed by atoms with Crippen molar-refractivity contribution in [1.29, 1.82) is 0 Å². The first-order chi connectivity index (χ1) is 10.0. The maximum absolute atomic E-state index is 10.9. The van der Waals surface area contributed by atoms with E-state index < -0.39 is 4.92 Å². The van der Waals surface area contributed by atoms with E-state index in [4.69, 9.17) is 9.47 Å². The van der Waals surface area contributed by atoms with Crippen LogP contribution >= 0.6 is 0 Å². The quantitative estimate of drug-likeness (QED) is 0.404. The van der Waals surface area contributed by atoms with Gasteiger partial charge in [-0.05, 0) is 27.1 Å². The third kappa shape index (κ3) is 6.42. The van der Waals surface area contributed by atoms with Gasteiger partial charge in [0.25, 0.3) is 0 Å². The van der Waals surface area contributed by atoms with Gasteiger partial charge >= 0.3 is 5.69 Å². The molecule has 1 N–H and O–H groups in total. The molecule has 0 aliphatic rings. The normalized spacial score (nSPS) is 10.7. The van der Waals surface area contributed by atoms with Gasteiger partial charge in [-0.15, -0.1) is 0 Å². The van der Waals surface area contributed by atoms with Gasteiger partial charge in [0.1, 0.15) is 0 Å². The van der Waals surface area contributed by atoms with Crippen LogP contribution in [0.1, 0.15) is 6.92 Å². The van der Waals surface area contributed by atoms with Crippen molar-refractivity contribution >= 4 is 11.4 Å². The summed E-state index contributed by atoms with van der Waals surface area (Å²) in [5.41, 5.74) is 0.755. The Bertz CT molecular complexity index is 452. The van der Waals surface area contributed by atoms with Crippen LogP contribution in [-0.2, 0) is 4.74 Å². The molecule has 1 rings (SSSR count). The minimum Gasteiger partial charge on any atom is -0.487 e. The maximum Gasteiger partial charge on any atom is 0.311 e. The van der Waals surface area contributed by atoms with E-state index in [2.05, 4.69) is 10.2 Å². The van der Waals surface area contributed by atoms with Crippen molar-refractivity contribution in [2.45, 2.75) is 6.92 Å². The summed E-state index contributed by atoms with van der Waals surface area (Å²) in [6.07, 6.45) is 0. The molecule has 1 aromatic rings. The number of nitrogens with zero attached hydrogens (tertiary/aromatic N) is 2. The average molecular weight is 297 g/mol. The van der Waals surface area contributed by atoms with Crippen molar-refractivity contribution in [2.24, 2.45) is 0 Å². The molecule has 0 saturated heterocycles. The zero-order valence-corrected chi connectivity index (χ0v) is 12.8. The van der Waals surface area contributed by atoms with Crippen LogP contribution in [0.3, 0.4) is 0 Å².